The van der Waals surface area contributed by atoms with E-state index in [1.54, 1.807) is 4.52 Å². The maximum Gasteiger partial charge on any atom is 0.157 e. The van der Waals surface area contributed by atoms with Crippen LogP contribution in [0, 0.1) is 13.8 Å². The summed E-state index contributed by atoms with van der Waals surface area (Å²) in [5.74, 6) is 0.890. The zero-order chi connectivity index (χ0) is 15.5. The molecule has 0 fully saturated rings. The summed E-state index contributed by atoms with van der Waals surface area (Å²) in [6, 6.07) is 11.8. The lowest BCUT2D eigenvalue weighted by molar-refractivity contribution is 0.311. The maximum atomic E-state index is 6.48. The molecule has 0 saturated carbocycles. The quantitative estimate of drug-likeness (QED) is 0.527. The highest BCUT2D eigenvalue weighted by Crippen LogP contribution is 2.22. The molecule has 3 rings (SSSR count). The summed E-state index contributed by atoms with van der Waals surface area (Å²) in [4.78, 5) is 4.57. The number of aryl methyl sites for hydroxylation is 2. The number of ether oxygens (including phenoxy) is 1. The first-order valence-electron chi connectivity index (χ1n) is 7.34. The second kappa shape index (κ2) is 6.36. The van der Waals surface area contributed by atoms with Gasteiger partial charge >= 0.3 is 0 Å². The van der Waals surface area contributed by atoms with E-state index in [9.17, 15) is 0 Å². The first-order valence-corrected chi connectivity index (χ1v) is 7.72. The van der Waals surface area contributed by atoms with Crippen LogP contribution in [0.15, 0.2) is 36.4 Å². The van der Waals surface area contributed by atoms with E-state index in [1.807, 2.05) is 50.2 Å². The summed E-state index contributed by atoms with van der Waals surface area (Å²) >= 11 is 6.48. The van der Waals surface area contributed by atoms with Crippen molar-refractivity contribution in [1.82, 2.24) is 14.6 Å². The Bertz CT molecular complexity index is 783. The van der Waals surface area contributed by atoms with Gasteiger partial charge in [-0.2, -0.15) is 5.10 Å². The molecular formula is C17H18ClN3O. The number of fused-ring (bicyclic) bond motifs is 1. The van der Waals surface area contributed by atoms with Gasteiger partial charge in [0.05, 0.1) is 12.3 Å². The summed E-state index contributed by atoms with van der Waals surface area (Å²) in [7, 11) is 0. The molecule has 0 unspecified atom stereocenters. The minimum atomic E-state index is 0.648. The Morgan fingerprint density at radius 3 is 2.73 bits per heavy atom. The molecule has 0 atom stereocenters. The molecule has 22 heavy (non-hydrogen) atoms. The molecule has 0 aliphatic heterocycles. The van der Waals surface area contributed by atoms with Crippen LogP contribution >= 0.6 is 11.6 Å². The zero-order valence-electron chi connectivity index (χ0n) is 12.7. The molecule has 0 N–H and O–H groups in total. The molecule has 0 bridgehead atoms. The fraction of sp³-hybridized carbons (Fsp3) is 0.294. The van der Waals surface area contributed by atoms with Crippen molar-refractivity contribution < 1.29 is 4.74 Å². The Balaban J connectivity index is 1.68. The van der Waals surface area contributed by atoms with E-state index in [-0.39, 0.29) is 0 Å². The van der Waals surface area contributed by atoms with Crippen LogP contribution in [0.25, 0.3) is 5.65 Å². The van der Waals surface area contributed by atoms with Crippen LogP contribution in [-0.4, -0.2) is 21.2 Å². The average molecular weight is 316 g/mol. The Kier molecular flexibility index (Phi) is 4.29. The Hall–Kier alpha value is -2.07. The van der Waals surface area contributed by atoms with E-state index in [1.165, 1.54) is 0 Å². The third kappa shape index (κ3) is 3.07. The van der Waals surface area contributed by atoms with Gasteiger partial charge in [0.2, 0.25) is 0 Å². The molecule has 2 aromatic heterocycles. The fourth-order valence-corrected chi connectivity index (χ4v) is 2.82. The molecule has 0 amide bonds. The van der Waals surface area contributed by atoms with Gasteiger partial charge in [-0.15, -0.1) is 0 Å². The third-order valence-electron chi connectivity index (χ3n) is 3.55. The van der Waals surface area contributed by atoms with Gasteiger partial charge < -0.3 is 4.74 Å². The number of rotatable bonds is 5. The molecule has 3 aromatic rings. The lowest BCUT2D eigenvalue weighted by Crippen LogP contribution is -2.05. The van der Waals surface area contributed by atoms with Gasteiger partial charge in [0.1, 0.15) is 10.9 Å². The predicted molar refractivity (Wildman–Crippen MR) is 87.7 cm³/mol. The van der Waals surface area contributed by atoms with Crippen LogP contribution in [0.5, 0.6) is 5.75 Å². The summed E-state index contributed by atoms with van der Waals surface area (Å²) < 4.78 is 7.42. The molecule has 5 heteroatoms. The van der Waals surface area contributed by atoms with Crippen LogP contribution < -0.4 is 4.74 Å². The Labute approximate surface area is 134 Å². The molecule has 0 aliphatic rings. The van der Waals surface area contributed by atoms with E-state index in [0.29, 0.717) is 11.8 Å². The highest BCUT2D eigenvalue weighted by atomic mass is 35.5. The van der Waals surface area contributed by atoms with Gasteiger partial charge in [-0.1, -0.05) is 29.8 Å². The molecule has 0 spiro atoms. The highest BCUT2D eigenvalue weighted by Gasteiger charge is 2.12. The SMILES string of the molecule is Cc1cc2nc(C)c(CCCOc3ccccc3)c(Cl)n2n1. The number of para-hydroxylation sites is 1. The lowest BCUT2D eigenvalue weighted by atomic mass is 10.1. The maximum absolute atomic E-state index is 6.48. The van der Waals surface area contributed by atoms with Gasteiger partial charge in [-0.3, -0.25) is 0 Å². The first kappa shape index (κ1) is 14.9. The average Bonchev–Trinajstić information content (AvgIpc) is 2.88. The van der Waals surface area contributed by atoms with Crippen molar-refractivity contribution in [2.45, 2.75) is 26.7 Å². The van der Waals surface area contributed by atoms with E-state index < -0.39 is 0 Å². The first-order chi connectivity index (χ1) is 10.6. The molecule has 1 aromatic carbocycles. The summed E-state index contributed by atoms with van der Waals surface area (Å²) in [6.45, 7) is 4.57. The Morgan fingerprint density at radius 2 is 1.95 bits per heavy atom. The van der Waals surface area contributed by atoms with Gasteiger partial charge in [0, 0.05) is 17.3 Å². The van der Waals surface area contributed by atoms with Crippen LogP contribution in [0.2, 0.25) is 5.15 Å². The molecule has 4 nitrogen and oxygen atoms in total. The van der Waals surface area contributed by atoms with Gasteiger partial charge in [0.15, 0.2) is 5.65 Å². The number of aromatic nitrogens is 3. The van der Waals surface area contributed by atoms with Crippen molar-refractivity contribution in [2.75, 3.05) is 6.61 Å². The highest BCUT2D eigenvalue weighted by molar-refractivity contribution is 6.30. The predicted octanol–water partition coefficient (Wildman–Crippen LogP) is 4.01. The van der Waals surface area contributed by atoms with Crippen molar-refractivity contribution in [3.63, 3.8) is 0 Å². The molecule has 0 radical (unpaired) electrons. The van der Waals surface area contributed by atoms with Crippen LogP contribution in [0.4, 0.5) is 0 Å². The van der Waals surface area contributed by atoms with Crippen LogP contribution in [0.3, 0.4) is 0 Å². The van der Waals surface area contributed by atoms with Crippen molar-refractivity contribution in [3.8, 4) is 5.75 Å². The lowest BCUT2D eigenvalue weighted by Gasteiger charge is -2.10. The minimum Gasteiger partial charge on any atom is -0.494 e. The largest absolute Gasteiger partial charge is 0.494 e. The standard InChI is InChI=1S/C17H18ClN3O/c1-12-11-16-19-13(2)15(17(18)21(16)20-12)9-6-10-22-14-7-4-3-5-8-14/h3-5,7-8,11H,6,9-10H2,1-2H3. The van der Waals surface area contributed by atoms with E-state index in [0.717, 1.165) is 41.2 Å². The second-order valence-electron chi connectivity index (χ2n) is 5.29. The molecule has 0 saturated heterocycles. The minimum absolute atomic E-state index is 0.648. The zero-order valence-corrected chi connectivity index (χ0v) is 13.5. The summed E-state index contributed by atoms with van der Waals surface area (Å²) in [6.07, 6.45) is 1.70. The van der Waals surface area contributed by atoms with E-state index >= 15 is 0 Å². The number of halogens is 1. The van der Waals surface area contributed by atoms with E-state index in [2.05, 4.69) is 10.1 Å². The van der Waals surface area contributed by atoms with E-state index in [4.69, 9.17) is 16.3 Å². The molecular weight excluding hydrogens is 298 g/mol. The second-order valence-corrected chi connectivity index (χ2v) is 5.65. The van der Waals surface area contributed by atoms with Gasteiger partial charge in [-0.25, -0.2) is 9.50 Å². The van der Waals surface area contributed by atoms with Crippen LogP contribution in [-0.2, 0) is 6.42 Å². The van der Waals surface area contributed by atoms with Crippen molar-refractivity contribution in [2.24, 2.45) is 0 Å². The normalized spacial score (nSPS) is 11.0. The van der Waals surface area contributed by atoms with Crippen LogP contribution in [0.1, 0.15) is 23.4 Å². The Morgan fingerprint density at radius 1 is 1.18 bits per heavy atom. The molecule has 2 heterocycles. The number of nitrogens with zero attached hydrogens (tertiary/aromatic N) is 3. The van der Waals surface area contributed by atoms with Crippen molar-refractivity contribution in [1.29, 1.82) is 0 Å². The smallest absolute Gasteiger partial charge is 0.157 e. The monoisotopic (exact) mass is 315 g/mol. The topological polar surface area (TPSA) is 39.4 Å². The number of hydrogen-bond acceptors (Lipinski definition) is 3. The molecule has 114 valence electrons. The summed E-state index contributed by atoms with van der Waals surface area (Å²) in [5, 5.41) is 5.03. The number of hydrogen-bond donors (Lipinski definition) is 0. The number of benzene rings is 1. The molecule has 0 aliphatic carbocycles. The van der Waals surface area contributed by atoms with Crippen molar-refractivity contribution >= 4 is 17.2 Å². The summed E-state index contributed by atoms with van der Waals surface area (Å²) in [5.41, 5.74) is 3.70. The fourth-order valence-electron chi connectivity index (χ4n) is 2.47. The van der Waals surface area contributed by atoms with Crippen molar-refractivity contribution in [3.05, 3.63) is 58.5 Å². The third-order valence-corrected chi connectivity index (χ3v) is 3.94. The van der Waals surface area contributed by atoms with Gasteiger partial charge in [-0.05, 0) is 38.8 Å². The van der Waals surface area contributed by atoms with Gasteiger partial charge in [0.25, 0.3) is 0 Å².